The minimum Gasteiger partial charge on any atom is -0.434 e. The van der Waals surface area contributed by atoms with Crippen molar-refractivity contribution in [1.82, 2.24) is 0 Å². The highest BCUT2D eigenvalue weighted by Crippen LogP contribution is 2.47. The summed E-state index contributed by atoms with van der Waals surface area (Å²) in [5.74, 6) is -0.401. The van der Waals surface area contributed by atoms with Crippen molar-refractivity contribution in [3.63, 3.8) is 0 Å². The zero-order valence-electron chi connectivity index (χ0n) is 6.64. The molecule has 0 aromatic heterocycles. The van der Waals surface area contributed by atoms with Crippen LogP contribution in [0.25, 0.3) is 0 Å². The van der Waals surface area contributed by atoms with Crippen LogP contribution < -0.4 is 9.47 Å². The molecule has 1 heterocycles. The van der Waals surface area contributed by atoms with Gasteiger partial charge in [-0.1, -0.05) is 12.1 Å². The summed E-state index contributed by atoms with van der Waals surface area (Å²) >= 11 is 4.83. The average molecular weight is 225 g/mol. The number of para-hydroxylation sites is 2. The van der Waals surface area contributed by atoms with E-state index in [1.165, 1.54) is 24.3 Å². The smallest absolute Gasteiger partial charge is 0.434 e. The van der Waals surface area contributed by atoms with Gasteiger partial charge in [0.2, 0.25) is 0 Å². The molecule has 6 heteroatoms. The molecule has 1 atom stereocenters. The van der Waals surface area contributed by atoms with E-state index in [0.717, 1.165) is 0 Å². The molecule has 0 unspecified atom stereocenters. The Labute approximate surface area is 82.2 Å². The van der Waals surface area contributed by atoms with Crippen molar-refractivity contribution in [2.75, 3.05) is 0 Å². The fourth-order valence-corrected chi connectivity index (χ4v) is 1.14. The number of hydrogen-bond donors (Lipinski definition) is 0. The summed E-state index contributed by atoms with van der Waals surface area (Å²) < 4.78 is 46.9. The first kappa shape index (κ1) is 9.45. The second-order valence-electron chi connectivity index (χ2n) is 2.68. The molecule has 0 saturated heterocycles. The van der Waals surface area contributed by atoms with Gasteiger partial charge in [-0.2, -0.15) is 13.2 Å². The SMILES string of the molecule is FC1(F)Oc2ccccc2O[C@@]1(F)Cl. The highest BCUT2D eigenvalue weighted by Gasteiger charge is 2.63. The van der Waals surface area contributed by atoms with Gasteiger partial charge in [-0.15, -0.1) is 0 Å². The van der Waals surface area contributed by atoms with E-state index in [2.05, 4.69) is 9.47 Å². The molecule has 1 aliphatic heterocycles. The topological polar surface area (TPSA) is 18.5 Å². The van der Waals surface area contributed by atoms with Gasteiger partial charge in [0.25, 0.3) is 0 Å². The summed E-state index contributed by atoms with van der Waals surface area (Å²) in [4.78, 5) is 0. The number of alkyl halides is 4. The van der Waals surface area contributed by atoms with Gasteiger partial charge in [-0.25, -0.2) is 0 Å². The number of ether oxygens (including phenoxy) is 2. The van der Waals surface area contributed by atoms with Crippen LogP contribution in [0.3, 0.4) is 0 Å². The van der Waals surface area contributed by atoms with Gasteiger partial charge in [0.05, 0.1) is 0 Å². The largest absolute Gasteiger partial charge is 0.488 e. The van der Waals surface area contributed by atoms with Crippen LogP contribution in [0, 0.1) is 0 Å². The number of fused-ring (bicyclic) bond motifs is 1. The predicted molar refractivity (Wildman–Crippen MR) is 42.3 cm³/mol. The standard InChI is InChI=1S/C8H4ClF3O2/c9-7(10)8(11,12)14-6-4-2-1-3-5(6)13-7/h1-4H/t7-/m1/s1. The maximum atomic E-state index is 13.0. The molecule has 0 spiro atoms. The van der Waals surface area contributed by atoms with Gasteiger partial charge in [0, 0.05) is 0 Å². The summed E-state index contributed by atoms with van der Waals surface area (Å²) in [5.41, 5.74) is 0. The van der Waals surface area contributed by atoms with E-state index in [1.807, 2.05) is 0 Å². The molecule has 0 bridgehead atoms. The van der Waals surface area contributed by atoms with Gasteiger partial charge in [-0.3, -0.25) is 0 Å². The molecule has 76 valence electrons. The Hall–Kier alpha value is -1.10. The lowest BCUT2D eigenvalue weighted by atomic mass is 10.3. The first-order chi connectivity index (χ1) is 6.42. The van der Waals surface area contributed by atoms with Crippen LogP contribution >= 0.6 is 11.6 Å². The van der Waals surface area contributed by atoms with Crippen molar-refractivity contribution in [2.24, 2.45) is 0 Å². The molecule has 14 heavy (non-hydrogen) atoms. The molecule has 1 aliphatic rings. The second kappa shape index (κ2) is 2.70. The monoisotopic (exact) mass is 224 g/mol. The maximum absolute atomic E-state index is 13.0. The van der Waals surface area contributed by atoms with Gasteiger partial charge in [-0.05, 0) is 23.7 Å². The summed E-state index contributed by atoms with van der Waals surface area (Å²) in [6.45, 7) is 0. The van der Waals surface area contributed by atoms with Crippen LogP contribution in [0.2, 0.25) is 0 Å². The van der Waals surface area contributed by atoms with Crippen LogP contribution in [0.5, 0.6) is 11.5 Å². The Bertz CT molecular complexity index is 332. The molecule has 2 rings (SSSR count). The van der Waals surface area contributed by atoms with Crippen molar-refractivity contribution >= 4 is 11.6 Å². The van der Waals surface area contributed by atoms with Gasteiger partial charge >= 0.3 is 11.4 Å². The quantitative estimate of drug-likeness (QED) is 0.631. The highest BCUT2D eigenvalue weighted by atomic mass is 35.5. The fraction of sp³-hybridized carbons (Fsp3) is 0.250. The molecule has 2 nitrogen and oxygen atoms in total. The van der Waals surface area contributed by atoms with E-state index in [0.29, 0.717) is 0 Å². The molecule has 1 aromatic rings. The van der Waals surface area contributed by atoms with Crippen LogP contribution in [0.4, 0.5) is 13.2 Å². The summed E-state index contributed by atoms with van der Waals surface area (Å²) in [5, 5.41) is -3.67. The van der Waals surface area contributed by atoms with Gasteiger partial charge in [0.1, 0.15) is 0 Å². The summed E-state index contributed by atoms with van der Waals surface area (Å²) in [6, 6.07) is 5.45. The second-order valence-corrected chi connectivity index (χ2v) is 3.17. The van der Waals surface area contributed by atoms with E-state index >= 15 is 0 Å². The molecule has 0 saturated carbocycles. The summed E-state index contributed by atoms with van der Waals surface area (Å²) in [7, 11) is 0. The molecule has 0 amide bonds. The highest BCUT2D eigenvalue weighted by molar-refractivity contribution is 6.22. The zero-order valence-corrected chi connectivity index (χ0v) is 7.39. The normalized spacial score (nSPS) is 28.6. The third-order valence-corrected chi connectivity index (χ3v) is 1.96. The molecule has 0 fully saturated rings. The number of rotatable bonds is 0. The average Bonchev–Trinajstić information content (AvgIpc) is 2.05. The lowest BCUT2D eigenvalue weighted by Gasteiger charge is -2.33. The lowest BCUT2D eigenvalue weighted by Crippen LogP contribution is -2.51. The third kappa shape index (κ3) is 1.28. The predicted octanol–water partition coefficient (Wildman–Crippen LogP) is 2.91. The Morgan fingerprint density at radius 1 is 1.00 bits per heavy atom. The minimum absolute atomic E-state index is 0.157. The van der Waals surface area contributed by atoms with E-state index in [4.69, 9.17) is 11.6 Å². The Morgan fingerprint density at radius 2 is 1.50 bits per heavy atom. The third-order valence-electron chi connectivity index (χ3n) is 1.66. The lowest BCUT2D eigenvalue weighted by molar-refractivity contribution is -0.303. The molecular formula is C8H4ClF3O2. The number of benzene rings is 1. The molecule has 0 aliphatic carbocycles. The molecule has 0 N–H and O–H groups in total. The van der Waals surface area contributed by atoms with Crippen LogP contribution in [-0.4, -0.2) is 11.4 Å². The van der Waals surface area contributed by atoms with Crippen molar-refractivity contribution in [2.45, 2.75) is 11.4 Å². The van der Waals surface area contributed by atoms with E-state index < -0.39 is 11.4 Å². The van der Waals surface area contributed by atoms with Crippen molar-refractivity contribution in [1.29, 1.82) is 0 Å². The van der Waals surface area contributed by atoms with Crippen LogP contribution in [-0.2, 0) is 0 Å². The Balaban J connectivity index is 2.46. The first-order valence-corrected chi connectivity index (χ1v) is 4.03. The number of hydrogen-bond acceptors (Lipinski definition) is 2. The van der Waals surface area contributed by atoms with Gasteiger partial charge < -0.3 is 9.47 Å². The fourth-order valence-electron chi connectivity index (χ4n) is 1.01. The van der Waals surface area contributed by atoms with Crippen molar-refractivity contribution in [3.8, 4) is 11.5 Å². The Kier molecular flexibility index (Phi) is 1.82. The maximum Gasteiger partial charge on any atom is 0.488 e. The van der Waals surface area contributed by atoms with E-state index in [9.17, 15) is 13.2 Å². The molecule has 0 radical (unpaired) electrons. The van der Waals surface area contributed by atoms with Crippen LogP contribution in [0.1, 0.15) is 0 Å². The molecular weight excluding hydrogens is 221 g/mol. The minimum atomic E-state index is -4.21. The Morgan fingerprint density at radius 3 is 2.07 bits per heavy atom. The van der Waals surface area contributed by atoms with Gasteiger partial charge in [0.15, 0.2) is 11.5 Å². The van der Waals surface area contributed by atoms with E-state index in [-0.39, 0.29) is 11.5 Å². The van der Waals surface area contributed by atoms with Crippen molar-refractivity contribution in [3.05, 3.63) is 24.3 Å². The van der Waals surface area contributed by atoms with E-state index in [1.54, 1.807) is 0 Å². The molecule has 1 aromatic carbocycles. The van der Waals surface area contributed by atoms with Crippen LogP contribution in [0.15, 0.2) is 24.3 Å². The van der Waals surface area contributed by atoms with Crippen molar-refractivity contribution < 1.29 is 22.6 Å². The summed E-state index contributed by atoms with van der Waals surface area (Å²) in [6.07, 6.45) is -4.21. The zero-order chi connectivity index (χ0) is 10.4. The number of halogens is 4. The first-order valence-electron chi connectivity index (χ1n) is 3.65.